The molecule has 0 radical (unpaired) electrons. The molecule has 0 saturated carbocycles. The fourth-order valence-electron chi connectivity index (χ4n) is 3.47. The molecule has 0 unspecified atom stereocenters. The summed E-state index contributed by atoms with van der Waals surface area (Å²) in [6, 6.07) is 14.8. The SMILES string of the molecule is Cc1ccc2c(c1)sc(/C=C/C=C/C=C1\Oc3ccccc3N1C)[n+]2CCN(C)C. The molecule has 4 nitrogen and oxygen atoms in total. The number of benzene rings is 2. The minimum absolute atomic E-state index is 0.833. The van der Waals surface area contributed by atoms with Crippen LogP contribution in [0.1, 0.15) is 10.6 Å². The van der Waals surface area contributed by atoms with Crippen LogP contribution < -0.4 is 14.2 Å². The Hall–Kier alpha value is -2.89. The summed E-state index contributed by atoms with van der Waals surface area (Å²) in [6.45, 7) is 4.13. The second-order valence-electron chi connectivity index (χ2n) is 7.74. The monoisotopic (exact) mass is 418 g/mol. The summed E-state index contributed by atoms with van der Waals surface area (Å²) in [5.41, 5.74) is 3.69. The summed E-state index contributed by atoms with van der Waals surface area (Å²) in [5, 5.41) is 1.26. The van der Waals surface area contributed by atoms with Crippen LogP contribution in [0.2, 0.25) is 0 Å². The van der Waals surface area contributed by atoms with E-state index in [2.05, 4.69) is 77.9 Å². The molecule has 1 aromatic heterocycles. The van der Waals surface area contributed by atoms with E-state index in [1.807, 2.05) is 48.7 Å². The van der Waals surface area contributed by atoms with E-state index in [0.29, 0.717) is 0 Å². The van der Waals surface area contributed by atoms with Gasteiger partial charge < -0.3 is 14.5 Å². The lowest BCUT2D eigenvalue weighted by atomic mass is 10.2. The standard InChI is InChI=1S/C25H28N3OS/c1-19-14-15-21-23(18-19)30-25(28(21)17-16-26(2)3)13-7-5-6-12-24-27(4)20-10-8-9-11-22(20)29-24/h5-15,18H,16-17H2,1-4H3/q+1. The van der Waals surface area contributed by atoms with Gasteiger partial charge in [-0.3, -0.25) is 0 Å². The van der Waals surface area contributed by atoms with E-state index in [9.17, 15) is 0 Å². The first-order chi connectivity index (χ1) is 14.5. The number of anilines is 1. The lowest BCUT2D eigenvalue weighted by molar-refractivity contribution is -0.668. The average molecular weight is 419 g/mol. The summed E-state index contributed by atoms with van der Waals surface area (Å²) >= 11 is 1.84. The zero-order chi connectivity index (χ0) is 21.1. The highest BCUT2D eigenvalue weighted by atomic mass is 32.1. The van der Waals surface area contributed by atoms with Gasteiger partial charge in [-0.25, -0.2) is 0 Å². The number of nitrogens with zero attached hydrogens (tertiary/aromatic N) is 3. The molecule has 0 N–H and O–H groups in total. The molecule has 1 aliphatic heterocycles. The Morgan fingerprint density at radius 2 is 1.93 bits per heavy atom. The molecule has 0 atom stereocenters. The van der Waals surface area contributed by atoms with Crippen molar-refractivity contribution in [2.75, 3.05) is 32.6 Å². The molecule has 1 aliphatic rings. The molecule has 0 fully saturated rings. The van der Waals surface area contributed by atoms with Gasteiger partial charge in [-0.1, -0.05) is 47.8 Å². The third kappa shape index (κ3) is 4.32. The second-order valence-corrected chi connectivity index (χ2v) is 8.81. The predicted molar refractivity (Wildman–Crippen MR) is 127 cm³/mol. The fourth-order valence-corrected chi connectivity index (χ4v) is 4.67. The van der Waals surface area contributed by atoms with Gasteiger partial charge in [0, 0.05) is 19.2 Å². The number of likely N-dealkylation sites (N-methyl/N-ethyl adjacent to an activating group) is 1. The van der Waals surface area contributed by atoms with Crippen molar-refractivity contribution in [3.63, 3.8) is 0 Å². The highest BCUT2D eigenvalue weighted by molar-refractivity contribution is 7.18. The van der Waals surface area contributed by atoms with Crippen molar-refractivity contribution in [2.45, 2.75) is 13.5 Å². The molecule has 0 amide bonds. The summed E-state index contributed by atoms with van der Waals surface area (Å²) in [7, 11) is 6.25. The van der Waals surface area contributed by atoms with Gasteiger partial charge in [0.15, 0.2) is 18.2 Å². The zero-order valence-electron chi connectivity index (χ0n) is 18.0. The van der Waals surface area contributed by atoms with Crippen molar-refractivity contribution in [1.82, 2.24) is 4.90 Å². The Morgan fingerprint density at radius 1 is 1.10 bits per heavy atom. The van der Waals surface area contributed by atoms with Crippen LogP contribution in [0.15, 0.2) is 72.7 Å². The quantitative estimate of drug-likeness (QED) is 0.415. The van der Waals surface area contributed by atoms with Crippen molar-refractivity contribution in [3.8, 4) is 5.75 Å². The van der Waals surface area contributed by atoms with E-state index in [0.717, 1.165) is 30.4 Å². The number of aryl methyl sites for hydroxylation is 1. The van der Waals surface area contributed by atoms with Crippen LogP contribution >= 0.6 is 11.3 Å². The maximum absolute atomic E-state index is 5.91. The summed E-state index contributed by atoms with van der Waals surface area (Å²) < 4.78 is 9.65. The Kier molecular flexibility index (Phi) is 6.02. The molecule has 30 heavy (non-hydrogen) atoms. The number of hydrogen-bond donors (Lipinski definition) is 0. The Bertz CT molecular complexity index is 1140. The minimum Gasteiger partial charge on any atom is -0.439 e. The molecule has 0 spiro atoms. The van der Waals surface area contributed by atoms with E-state index in [1.165, 1.54) is 20.8 Å². The first-order valence-electron chi connectivity index (χ1n) is 10.2. The van der Waals surface area contributed by atoms with E-state index < -0.39 is 0 Å². The fraction of sp³-hybridized carbons (Fsp3) is 0.240. The topological polar surface area (TPSA) is 19.6 Å². The van der Waals surface area contributed by atoms with Crippen molar-refractivity contribution >= 4 is 33.3 Å². The maximum atomic E-state index is 5.91. The first kappa shape index (κ1) is 20.4. The maximum Gasteiger partial charge on any atom is 0.262 e. The third-order valence-electron chi connectivity index (χ3n) is 5.13. The number of rotatable bonds is 6. The highest BCUT2D eigenvalue weighted by Crippen LogP contribution is 2.37. The van der Waals surface area contributed by atoms with Gasteiger partial charge >= 0.3 is 0 Å². The summed E-state index contributed by atoms with van der Waals surface area (Å²) in [5.74, 6) is 1.73. The number of thiazole rings is 1. The lowest BCUT2D eigenvalue weighted by Crippen LogP contribution is -2.39. The van der Waals surface area contributed by atoms with Crippen molar-refractivity contribution < 1.29 is 9.30 Å². The molecule has 2 heterocycles. The molecule has 3 aromatic rings. The highest BCUT2D eigenvalue weighted by Gasteiger charge is 2.21. The van der Waals surface area contributed by atoms with Crippen LogP contribution in [-0.4, -0.2) is 32.6 Å². The molecule has 4 rings (SSSR count). The van der Waals surface area contributed by atoms with E-state index in [-0.39, 0.29) is 0 Å². The van der Waals surface area contributed by atoms with Crippen molar-refractivity contribution in [1.29, 1.82) is 0 Å². The molecule has 0 saturated heterocycles. The van der Waals surface area contributed by atoms with Crippen LogP contribution in [-0.2, 0) is 6.54 Å². The third-order valence-corrected chi connectivity index (χ3v) is 6.24. The van der Waals surface area contributed by atoms with Crippen LogP contribution in [0.4, 0.5) is 5.69 Å². The van der Waals surface area contributed by atoms with Crippen LogP contribution in [0.5, 0.6) is 5.75 Å². The van der Waals surface area contributed by atoms with Gasteiger partial charge in [-0.05, 0) is 50.9 Å². The largest absolute Gasteiger partial charge is 0.439 e. The lowest BCUT2D eigenvalue weighted by Gasteiger charge is -2.09. The van der Waals surface area contributed by atoms with Gasteiger partial charge in [0.25, 0.3) is 5.01 Å². The summed E-state index contributed by atoms with van der Waals surface area (Å²) in [6.07, 6.45) is 10.4. The van der Waals surface area contributed by atoms with Crippen molar-refractivity contribution in [3.05, 3.63) is 83.2 Å². The van der Waals surface area contributed by atoms with Crippen LogP contribution in [0, 0.1) is 6.92 Å². The first-order valence-corrected chi connectivity index (χ1v) is 11.0. The Balaban J connectivity index is 1.52. The van der Waals surface area contributed by atoms with E-state index in [1.54, 1.807) is 0 Å². The van der Waals surface area contributed by atoms with Gasteiger partial charge in [-0.2, -0.15) is 4.57 Å². The van der Waals surface area contributed by atoms with Crippen LogP contribution in [0.25, 0.3) is 16.3 Å². The van der Waals surface area contributed by atoms with Crippen molar-refractivity contribution in [2.24, 2.45) is 0 Å². The second kappa shape index (κ2) is 8.86. The predicted octanol–water partition coefficient (Wildman–Crippen LogP) is 5.00. The normalized spacial score (nSPS) is 15.2. The number of hydrogen-bond acceptors (Lipinski definition) is 4. The summed E-state index contributed by atoms with van der Waals surface area (Å²) in [4.78, 5) is 4.29. The van der Waals surface area contributed by atoms with Crippen LogP contribution in [0.3, 0.4) is 0 Å². The smallest absolute Gasteiger partial charge is 0.262 e. The molecule has 0 aliphatic carbocycles. The zero-order valence-corrected chi connectivity index (χ0v) is 18.8. The Labute approximate surface area is 182 Å². The van der Waals surface area contributed by atoms with Gasteiger partial charge in [0.1, 0.15) is 4.70 Å². The molecule has 2 aromatic carbocycles. The number of para-hydroxylation sites is 2. The number of aromatic nitrogens is 1. The van der Waals surface area contributed by atoms with Gasteiger partial charge in [0.2, 0.25) is 5.52 Å². The molecule has 0 bridgehead atoms. The number of fused-ring (bicyclic) bond motifs is 2. The molecule has 5 heteroatoms. The van der Waals surface area contributed by atoms with Gasteiger partial charge in [0.05, 0.1) is 12.2 Å². The molecular weight excluding hydrogens is 390 g/mol. The average Bonchev–Trinajstić information content (AvgIpc) is 3.23. The molecule has 154 valence electrons. The minimum atomic E-state index is 0.833. The Morgan fingerprint density at radius 3 is 2.73 bits per heavy atom. The molecular formula is C25H28N3OS+. The van der Waals surface area contributed by atoms with E-state index >= 15 is 0 Å². The number of ether oxygens (including phenoxy) is 1. The van der Waals surface area contributed by atoms with E-state index in [4.69, 9.17) is 4.74 Å². The number of allylic oxidation sites excluding steroid dienone is 4. The van der Waals surface area contributed by atoms with Gasteiger partial charge in [-0.15, -0.1) is 0 Å².